The van der Waals surface area contributed by atoms with E-state index in [0.29, 0.717) is 29.8 Å². The maximum absolute atomic E-state index is 12.9. The molecule has 1 fully saturated rings. The summed E-state index contributed by atoms with van der Waals surface area (Å²) in [6.45, 7) is 7.15. The Balaban J connectivity index is 0.00000256. The van der Waals surface area contributed by atoms with E-state index in [9.17, 15) is 4.79 Å². The summed E-state index contributed by atoms with van der Waals surface area (Å²) in [6.07, 6.45) is 1.87. The van der Waals surface area contributed by atoms with Gasteiger partial charge >= 0.3 is 0 Å². The summed E-state index contributed by atoms with van der Waals surface area (Å²) in [6, 6.07) is 7.63. The third-order valence-corrected chi connectivity index (χ3v) is 4.85. The first-order valence-corrected chi connectivity index (χ1v) is 9.77. The van der Waals surface area contributed by atoms with Crippen LogP contribution in [0.3, 0.4) is 0 Å². The van der Waals surface area contributed by atoms with Gasteiger partial charge in [-0.15, -0.1) is 22.6 Å². The molecule has 0 spiro atoms. The van der Waals surface area contributed by atoms with Crippen molar-refractivity contribution >= 4 is 40.9 Å². The van der Waals surface area contributed by atoms with Crippen molar-refractivity contribution in [3.05, 3.63) is 36.0 Å². The van der Waals surface area contributed by atoms with Gasteiger partial charge in [0.05, 0.1) is 17.7 Å². The minimum absolute atomic E-state index is 0. The van der Waals surface area contributed by atoms with Crippen LogP contribution in [0.2, 0.25) is 0 Å². The van der Waals surface area contributed by atoms with Crippen molar-refractivity contribution in [3.63, 3.8) is 0 Å². The highest BCUT2D eigenvalue weighted by Gasteiger charge is 2.19. The molecule has 1 amide bonds. The Morgan fingerprint density at radius 1 is 1.33 bits per heavy atom. The molecular weight excluding hydrogens is 406 g/mol. The van der Waals surface area contributed by atoms with E-state index in [4.69, 9.17) is 4.74 Å². The molecule has 0 aliphatic carbocycles. The standard InChI is InChI=1S/C20H25N7O2.ClH/c1-4-29-17-10-16-14(12-26(3)25-16)9-15(17)20(28)22-18-5-6-19(24-23-18)27-8-7-21-13(2)11-27;/h5-6,9-10,12-13,21H,4,7-8,11H2,1-3H3,(H,22,23,28);1H/t13-;/m0./s1. The maximum Gasteiger partial charge on any atom is 0.260 e. The average Bonchev–Trinajstić information content (AvgIpc) is 3.07. The number of amides is 1. The minimum atomic E-state index is -0.294. The topological polar surface area (TPSA) is 97.2 Å². The number of rotatable bonds is 5. The molecule has 1 aliphatic rings. The van der Waals surface area contributed by atoms with E-state index < -0.39 is 0 Å². The lowest BCUT2D eigenvalue weighted by Crippen LogP contribution is -2.49. The Kier molecular flexibility index (Phi) is 6.73. The van der Waals surface area contributed by atoms with Crippen molar-refractivity contribution < 1.29 is 9.53 Å². The largest absolute Gasteiger partial charge is 0.493 e. The number of ether oxygens (including phenoxy) is 1. The first-order valence-electron chi connectivity index (χ1n) is 9.77. The van der Waals surface area contributed by atoms with Crippen LogP contribution in [0.1, 0.15) is 24.2 Å². The molecule has 0 radical (unpaired) electrons. The third kappa shape index (κ3) is 4.63. The molecule has 0 unspecified atom stereocenters. The highest BCUT2D eigenvalue weighted by Crippen LogP contribution is 2.26. The lowest BCUT2D eigenvalue weighted by molar-refractivity contribution is 0.102. The molecule has 1 aromatic carbocycles. The van der Waals surface area contributed by atoms with Gasteiger partial charge in [0.1, 0.15) is 5.75 Å². The van der Waals surface area contributed by atoms with Gasteiger partial charge in [-0.3, -0.25) is 9.48 Å². The van der Waals surface area contributed by atoms with Crippen molar-refractivity contribution in [2.45, 2.75) is 19.9 Å². The zero-order chi connectivity index (χ0) is 20.4. The zero-order valence-electron chi connectivity index (χ0n) is 17.3. The van der Waals surface area contributed by atoms with Crippen LogP contribution in [0.4, 0.5) is 11.6 Å². The molecule has 1 atom stereocenters. The molecule has 0 bridgehead atoms. The quantitative estimate of drug-likeness (QED) is 0.639. The van der Waals surface area contributed by atoms with E-state index in [2.05, 4.69) is 37.8 Å². The SMILES string of the molecule is CCOc1cc2nn(C)cc2cc1C(=O)Nc1ccc(N2CCN[C@@H](C)C2)nn1.Cl. The van der Waals surface area contributed by atoms with Gasteiger partial charge in [-0.25, -0.2) is 0 Å². The number of aryl methyl sites for hydroxylation is 1. The molecule has 1 saturated heterocycles. The fraction of sp³-hybridized carbons (Fsp3) is 0.400. The first kappa shape index (κ1) is 21.8. The lowest BCUT2D eigenvalue weighted by Gasteiger charge is -2.32. The van der Waals surface area contributed by atoms with Gasteiger partial charge < -0.3 is 20.3 Å². The van der Waals surface area contributed by atoms with Crippen molar-refractivity contribution in [3.8, 4) is 5.75 Å². The fourth-order valence-corrected chi connectivity index (χ4v) is 3.51. The molecule has 0 saturated carbocycles. The number of fused-ring (bicyclic) bond motifs is 1. The number of hydrogen-bond acceptors (Lipinski definition) is 7. The number of carbonyl (C=O) groups excluding carboxylic acids is 1. The monoisotopic (exact) mass is 431 g/mol. The zero-order valence-corrected chi connectivity index (χ0v) is 18.1. The van der Waals surface area contributed by atoms with Crippen molar-refractivity contribution in [2.24, 2.45) is 7.05 Å². The van der Waals surface area contributed by atoms with Crippen molar-refractivity contribution in [1.29, 1.82) is 0 Å². The average molecular weight is 432 g/mol. The summed E-state index contributed by atoms with van der Waals surface area (Å²) in [7, 11) is 1.84. The normalized spacial score (nSPS) is 16.2. The Morgan fingerprint density at radius 2 is 2.17 bits per heavy atom. The number of benzene rings is 1. The number of nitrogens with zero attached hydrogens (tertiary/aromatic N) is 5. The second-order valence-corrected chi connectivity index (χ2v) is 7.18. The molecule has 2 N–H and O–H groups in total. The van der Waals surface area contributed by atoms with E-state index in [0.717, 1.165) is 36.4 Å². The molecule has 4 rings (SSSR count). The number of hydrogen-bond donors (Lipinski definition) is 2. The second kappa shape index (κ2) is 9.27. The van der Waals surface area contributed by atoms with E-state index in [1.165, 1.54) is 0 Å². The fourth-order valence-electron chi connectivity index (χ4n) is 3.51. The summed E-state index contributed by atoms with van der Waals surface area (Å²) in [5.74, 6) is 1.41. The van der Waals surface area contributed by atoms with Crippen LogP contribution < -0.4 is 20.3 Å². The molecule has 160 valence electrons. The molecule has 3 aromatic rings. The minimum Gasteiger partial charge on any atom is -0.493 e. The molecule has 30 heavy (non-hydrogen) atoms. The first-order chi connectivity index (χ1) is 14.0. The van der Waals surface area contributed by atoms with Gasteiger partial charge in [-0.1, -0.05) is 0 Å². The van der Waals surface area contributed by atoms with Crippen LogP contribution in [0.5, 0.6) is 5.75 Å². The highest BCUT2D eigenvalue weighted by molar-refractivity contribution is 6.08. The second-order valence-electron chi connectivity index (χ2n) is 7.18. The predicted octanol–water partition coefficient (Wildman–Crippen LogP) is 2.23. The van der Waals surface area contributed by atoms with Crippen LogP contribution >= 0.6 is 12.4 Å². The number of carbonyl (C=O) groups is 1. The smallest absolute Gasteiger partial charge is 0.260 e. The summed E-state index contributed by atoms with van der Waals surface area (Å²) in [4.78, 5) is 15.1. The number of anilines is 2. The summed E-state index contributed by atoms with van der Waals surface area (Å²) < 4.78 is 7.37. The van der Waals surface area contributed by atoms with Gasteiger partial charge in [0.25, 0.3) is 5.91 Å². The Bertz CT molecular complexity index is 1020. The van der Waals surface area contributed by atoms with Crippen LogP contribution in [-0.2, 0) is 7.05 Å². The molecule has 1 aliphatic heterocycles. The van der Waals surface area contributed by atoms with Crippen LogP contribution in [0, 0.1) is 0 Å². The predicted molar refractivity (Wildman–Crippen MR) is 119 cm³/mol. The number of nitrogens with one attached hydrogen (secondary N) is 2. The number of aromatic nitrogens is 4. The summed E-state index contributed by atoms with van der Waals surface area (Å²) >= 11 is 0. The van der Waals surface area contributed by atoms with Gasteiger partial charge in [-0.05, 0) is 32.0 Å². The van der Waals surface area contributed by atoms with Crippen molar-refractivity contribution in [1.82, 2.24) is 25.3 Å². The van der Waals surface area contributed by atoms with E-state index in [-0.39, 0.29) is 18.3 Å². The van der Waals surface area contributed by atoms with Crippen LogP contribution in [0.15, 0.2) is 30.5 Å². The number of piperazine rings is 1. The molecule has 9 nitrogen and oxygen atoms in total. The Hall–Kier alpha value is -2.91. The van der Waals surface area contributed by atoms with Gasteiger partial charge in [0, 0.05) is 50.4 Å². The summed E-state index contributed by atoms with van der Waals surface area (Å²) in [5, 5.41) is 19.9. The highest BCUT2D eigenvalue weighted by atomic mass is 35.5. The molecule has 3 heterocycles. The molecule has 10 heteroatoms. The summed E-state index contributed by atoms with van der Waals surface area (Å²) in [5.41, 5.74) is 1.22. The van der Waals surface area contributed by atoms with E-state index >= 15 is 0 Å². The van der Waals surface area contributed by atoms with Gasteiger partial charge in [0.2, 0.25) is 0 Å². The van der Waals surface area contributed by atoms with Gasteiger partial charge in [-0.2, -0.15) is 5.10 Å². The van der Waals surface area contributed by atoms with E-state index in [1.54, 1.807) is 22.9 Å². The maximum atomic E-state index is 12.9. The van der Waals surface area contributed by atoms with Crippen LogP contribution in [-0.4, -0.2) is 58.2 Å². The number of halogens is 1. The third-order valence-electron chi connectivity index (χ3n) is 4.85. The lowest BCUT2D eigenvalue weighted by atomic mass is 10.1. The van der Waals surface area contributed by atoms with Crippen LogP contribution in [0.25, 0.3) is 10.9 Å². The van der Waals surface area contributed by atoms with E-state index in [1.807, 2.05) is 26.2 Å². The Morgan fingerprint density at radius 3 is 2.87 bits per heavy atom. The molecule has 2 aromatic heterocycles. The Labute approximate surface area is 181 Å². The van der Waals surface area contributed by atoms with Crippen molar-refractivity contribution in [2.75, 3.05) is 36.5 Å². The van der Waals surface area contributed by atoms with Gasteiger partial charge in [0.15, 0.2) is 11.6 Å². The molecular formula is C20H26ClN7O2.